The summed E-state index contributed by atoms with van der Waals surface area (Å²) >= 11 is 0. The lowest BCUT2D eigenvalue weighted by atomic mass is 10.1. The van der Waals surface area contributed by atoms with Crippen LogP contribution in [0.4, 0.5) is 0 Å². The first kappa shape index (κ1) is 20.7. The van der Waals surface area contributed by atoms with E-state index >= 15 is 0 Å². The molecule has 0 aromatic carbocycles. The van der Waals surface area contributed by atoms with E-state index in [1.165, 1.54) is 0 Å². The van der Waals surface area contributed by atoms with Gasteiger partial charge in [-0.1, -0.05) is 0 Å². The second-order valence-electron chi connectivity index (χ2n) is 6.77. The zero-order chi connectivity index (χ0) is 20.3. The maximum atomic E-state index is 12.6. The Morgan fingerprint density at radius 2 is 1.72 bits per heavy atom. The van der Waals surface area contributed by atoms with Crippen LogP contribution in [0.1, 0.15) is 39.6 Å². The van der Waals surface area contributed by atoms with Gasteiger partial charge < -0.3 is 25.7 Å². The lowest BCUT2D eigenvalue weighted by Gasteiger charge is -2.10. The van der Waals surface area contributed by atoms with Crippen LogP contribution in [-0.4, -0.2) is 55.6 Å². The molecular weight excluding hydrogens is 370 g/mol. The minimum Gasteiger partial charge on any atom is -0.396 e. The topological polar surface area (TPSA) is 132 Å². The van der Waals surface area contributed by atoms with E-state index in [9.17, 15) is 4.79 Å². The van der Waals surface area contributed by atoms with Crippen molar-refractivity contribution in [1.82, 2.24) is 35.6 Å². The van der Waals surface area contributed by atoms with Gasteiger partial charge in [0.25, 0.3) is 5.91 Å². The zero-order valence-corrected chi connectivity index (χ0v) is 16.3. The quantitative estimate of drug-likeness (QED) is 0.287. The van der Waals surface area contributed by atoms with Crippen LogP contribution in [0.2, 0.25) is 0 Å². The smallest absolute Gasteiger partial charge is 0.269 e. The molecule has 29 heavy (non-hydrogen) atoms. The molecule has 3 rings (SSSR count). The standard InChI is InChI=1S/C20H27N7O2/c28-7-1-2-15-8-18(12-21-5-3-16-10-22-13-25-16)27-19(9-15)20(29)24-6-4-17-11-23-14-26-17/h8-11,13-14,21,28H,1-7,12H2,(H,22,25)(H,23,26)(H,24,29). The highest BCUT2D eigenvalue weighted by molar-refractivity contribution is 5.92. The van der Waals surface area contributed by atoms with Crippen LogP contribution in [0.3, 0.4) is 0 Å². The van der Waals surface area contributed by atoms with Crippen molar-refractivity contribution in [3.8, 4) is 0 Å². The third kappa shape index (κ3) is 6.81. The molecule has 3 aromatic rings. The van der Waals surface area contributed by atoms with Gasteiger partial charge in [0.15, 0.2) is 0 Å². The molecule has 0 fully saturated rings. The summed E-state index contributed by atoms with van der Waals surface area (Å²) in [5.41, 5.74) is 4.24. The van der Waals surface area contributed by atoms with E-state index in [2.05, 4.69) is 35.6 Å². The molecule has 9 heteroatoms. The first-order valence-corrected chi connectivity index (χ1v) is 9.78. The first-order valence-electron chi connectivity index (χ1n) is 9.78. The van der Waals surface area contributed by atoms with Crippen LogP contribution >= 0.6 is 0 Å². The fraction of sp³-hybridized carbons (Fsp3) is 0.400. The molecule has 0 saturated carbocycles. The Hall–Kier alpha value is -3.04. The third-order valence-electron chi connectivity index (χ3n) is 4.46. The number of aromatic nitrogens is 5. The Balaban J connectivity index is 1.56. The van der Waals surface area contributed by atoms with E-state index in [1.54, 1.807) is 31.1 Å². The molecule has 0 bridgehead atoms. The van der Waals surface area contributed by atoms with Gasteiger partial charge in [0.1, 0.15) is 5.69 Å². The van der Waals surface area contributed by atoms with E-state index in [-0.39, 0.29) is 12.5 Å². The minimum absolute atomic E-state index is 0.117. The molecule has 3 aromatic heterocycles. The number of nitrogens with zero attached hydrogens (tertiary/aromatic N) is 3. The fourth-order valence-corrected chi connectivity index (χ4v) is 2.97. The van der Waals surface area contributed by atoms with Crippen molar-refractivity contribution in [2.75, 3.05) is 19.7 Å². The molecule has 0 radical (unpaired) electrons. The number of imidazole rings is 2. The fourth-order valence-electron chi connectivity index (χ4n) is 2.97. The Bertz CT molecular complexity index is 863. The van der Waals surface area contributed by atoms with Crippen molar-refractivity contribution in [1.29, 1.82) is 0 Å². The van der Waals surface area contributed by atoms with Crippen LogP contribution in [0.5, 0.6) is 0 Å². The number of hydrogen-bond acceptors (Lipinski definition) is 6. The molecule has 5 N–H and O–H groups in total. The molecule has 0 aliphatic heterocycles. The highest BCUT2D eigenvalue weighted by Crippen LogP contribution is 2.09. The first-order chi connectivity index (χ1) is 14.2. The Morgan fingerprint density at radius 3 is 2.38 bits per heavy atom. The molecule has 3 heterocycles. The maximum absolute atomic E-state index is 12.6. The molecule has 154 valence electrons. The minimum atomic E-state index is -0.200. The molecule has 0 aliphatic carbocycles. The van der Waals surface area contributed by atoms with Gasteiger partial charge in [-0.15, -0.1) is 0 Å². The number of aryl methyl sites for hydroxylation is 1. The predicted molar refractivity (Wildman–Crippen MR) is 108 cm³/mol. The number of aliphatic hydroxyl groups excluding tert-OH is 1. The second-order valence-corrected chi connectivity index (χ2v) is 6.77. The largest absolute Gasteiger partial charge is 0.396 e. The van der Waals surface area contributed by atoms with E-state index in [0.717, 1.165) is 35.6 Å². The van der Waals surface area contributed by atoms with Crippen molar-refractivity contribution in [3.05, 3.63) is 65.5 Å². The number of carbonyl (C=O) groups is 1. The number of H-pyrrole nitrogens is 2. The van der Waals surface area contributed by atoms with Crippen molar-refractivity contribution in [3.63, 3.8) is 0 Å². The number of rotatable bonds is 12. The summed E-state index contributed by atoms with van der Waals surface area (Å²) in [6.45, 7) is 1.96. The van der Waals surface area contributed by atoms with Crippen molar-refractivity contribution in [2.45, 2.75) is 32.2 Å². The second kappa shape index (κ2) is 11.1. The monoisotopic (exact) mass is 397 g/mol. The highest BCUT2D eigenvalue weighted by atomic mass is 16.2. The van der Waals surface area contributed by atoms with Crippen molar-refractivity contribution in [2.24, 2.45) is 0 Å². The van der Waals surface area contributed by atoms with Crippen LogP contribution in [0, 0.1) is 0 Å². The van der Waals surface area contributed by atoms with Gasteiger partial charge in [0, 0.05) is 62.9 Å². The van der Waals surface area contributed by atoms with Gasteiger partial charge in [-0.05, 0) is 30.5 Å². The van der Waals surface area contributed by atoms with Gasteiger partial charge in [-0.3, -0.25) is 4.79 Å². The maximum Gasteiger partial charge on any atom is 0.269 e. The van der Waals surface area contributed by atoms with Crippen LogP contribution in [0.15, 0.2) is 37.2 Å². The predicted octanol–water partition coefficient (Wildman–Crippen LogP) is 0.757. The molecule has 0 saturated heterocycles. The molecule has 0 spiro atoms. The molecule has 0 atom stereocenters. The SMILES string of the molecule is O=C(NCCc1cnc[nH]1)c1cc(CCCO)cc(CNCCc2cnc[nH]2)n1. The van der Waals surface area contributed by atoms with E-state index in [4.69, 9.17) is 5.11 Å². The normalized spacial score (nSPS) is 10.9. The number of hydrogen-bond donors (Lipinski definition) is 5. The summed E-state index contributed by atoms with van der Waals surface area (Å²) in [7, 11) is 0. The number of aliphatic hydroxyl groups is 1. The summed E-state index contributed by atoms with van der Waals surface area (Å²) in [5.74, 6) is -0.200. The van der Waals surface area contributed by atoms with Gasteiger partial charge >= 0.3 is 0 Å². The number of pyridine rings is 1. The Labute approximate surface area is 169 Å². The van der Waals surface area contributed by atoms with Gasteiger partial charge in [0.05, 0.1) is 18.3 Å². The summed E-state index contributed by atoms with van der Waals surface area (Å²) in [4.78, 5) is 31.1. The van der Waals surface area contributed by atoms with Crippen molar-refractivity contribution < 1.29 is 9.90 Å². The molecule has 0 aliphatic rings. The van der Waals surface area contributed by atoms with Crippen molar-refractivity contribution >= 4 is 5.91 Å². The zero-order valence-electron chi connectivity index (χ0n) is 16.3. The van der Waals surface area contributed by atoms with Gasteiger partial charge in [-0.25, -0.2) is 15.0 Å². The average molecular weight is 397 g/mol. The summed E-state index contributed by atoms with van der Waals surface area (Å²) < 4.78 is 0. The average Bonchev–Trinajstić information content (AvgIpc) is 3.44. The Morgan fingerprint density at radius 1 is 1.00 bits per heavy atom. The van der Waals surface area contributed by atoms with E-state index in [0.29, 0.717) is 38.0 Å². The van der Waals surface area contributed by atoms with Crippen LogP contribution in [-0.2, 0) is 25.8 Å². The number of carbonyl (C=O) groups excluding carboxylic acids is 1. The lowest BCUT2D eigenvalue weighted by molar-refractivity contribution is 0.0948. The van der Waals surface area contributed by atoms with Crippen LogP contribution < -0.4 is 10.6 Å². The third-order valence-corrected chi connectivity index (χ3v) is 4.46. The van der Waals surface area contributed by atoms with Gasteiger partial charge in [0.2, 0.25) is 0 Å². The summed E-state index contributed by atoms with van der Waals surface area (Å²) in [6, 6.07) is 3.79. The number of nitrogens with one attached hydrogen (secondary N) is 4. The number of aromatic amines is 2. The molecule has 0 unspecified atom stereocenters. The van der Waals surface area contributed by atoms with Gasteiger partial charge in [-0.2, -0.15) is 0 Å². The van der Waals surface area contributed by atoms with E-state index in [1.807, 2.05) is 6.07 Å². The summed E-state index contributed by atoms with van der Waals surface area (Å²) in [6.07, 6.45) is 9.71. The van der Waals surface area contributed by atoms with Crippen LogP contribution in [0.25, 0.3) is 0 Å². The summed E-state index contributed by atoms with van der Waals surface area (Å²) in [5, 5.41) is 15.4. The molecular formula is C20H27N7O2. The lowest BCUT2D eigenvalue weighted by Crippen LogP contribution is -2.27. The Kier molecular flexibility index (Phi) is 7.90. The van der Waals surface area contributed by atoms with E-state index < -0.39 is 0 Å². The molecule has 9 nitrogen and oxygen atoms in total. The highest BCUT2D eigenvalue weighted by Gasteiger charge is 2.11. The number of amides is 1. The molecule has 1 amide bonds.